The number of nitrogens with two attached hydrogens (primary N) is 1. The van der Waals surface area contributed by atoms with Crippen molar-refractivity contribution in [1.29, 1.82) is 0 Å². The molecule has 3 rings (SSSR count). The SMILES string of the molecule is NC1CCCc2cnc(C3CCC3)nc21. The van der Waals surface area contributed by atoms with Crippen LogP contribution in [0.1, 0.15) is 61.1 Å². The summed E-state index contributed by atoms with van der Waals surface area (Å²) in [5.74, 6) is 1.65. The molecular weight excluding hydrogens is 186 g/mol. The van der Waals surface area contributed by atoms with Crippen molar-refractivity contribution >= 4 is 0 Å². The molecule has 2 aliphatic rings. The van der Waals surface area contributed by atoms with Gasteiger partial charge in [-0.1, -0.05) is 6.42 Å². The van der Waals surface area contributed by atoms with Gasteiger partial charge in [0.1, 0.15) is 5.82 Å². The highest BCUT2D eigenvalue weighted by Gasteiger charge is 2.25. The molecule has 0 radical (unpaired) electrons. The number of rotatable bonds is 1. The van der Waals surface area contributed by atoms with Crippen molar-refractivity contribution < 1.29 is 0 Å². The second-order valence-corrected chi connectivity index (χ2v) is 4.77. The van der Waals surface area contributed by atoms with Crippen LogP contribution in [0.4, 0.5) is 0 Å². The maximum Gasteiger partial charge on any atom is 0.131 e. The predicted molar refractivity (Wildman–Crippen MR) is 58.5 cm³/mol. The lowest BCUT2D eigenvalue weighted by atomic mass is 9.84. The molecule has 0 bridgehead atoms. The number of hydrogen-bond donors (Lipinski definition) is 1. The van der Waals surface area contributed by atoms with Gasteiger partial charge in [0.25, 0.3) is 0 Å². The Morgan fingerprint density at radius 3 is 2.80 bits per heavy atom. The van der Waals surface area contributed by atoms with Gasteiger partial charge >= 0.3 is 0 Å². The fourth-order valence-electron chi connectivity index (χ4n) is 2.46. The van der Waals surface area contributed by atoms with E-state index in [1.165, 1.54) is 31.2 Å². The number of nitrogens with zero attached hydrogens (tertiary/aromatic N) is 2. The van der Waals surface area contributed by atoms with Crippen LogP contribution in [0, 0.1) is 0 Å². The molecule has 0 spiro atoms. The Bertz CT molecular complexity index is 371. The van der Waals surface area contributed by atoms with Gasteiger partial charge in [-0.05, 0) is 37.7 Å². The van der Waals surface area contributed by atoms with Crippen LogP contribution in [-0.2, 0) is 6.42 Å². The van der Waals surface area contributed by atoms with E-state index in [0.717, 1.165) is 24.4 Å². The molecule has 2 N–H and O–H groups in total. The monoisotopic (exact) mass is 203 g/mol. The van der Waals surface area contributed by atoms with E-state index < -0.39 is 0 Å². The summed E-state index contributed by atoms with van der Waals surface area (Å²) in [6, 6.07) is 0.149. The first kappa shape index (κ1) is 9.28. The highest BCUT2D eigenvalue weighted by molar-refractivity contribution is 5.24. The zero-order valence-corrected chi connectivity index (χ0v) is 8.95. The maximum atomic E-state index is 6.08. The summed E-state index contributed by atoms with van der Waals surface area (Å²) in [7, 11) is 0. The van der Waals surface area contributed by atoms with Crippen LogP contribution >= 0.6 is 0 Å². The summed E-state index contributed by atoms with van der Waals surface area (Å²) >= 11 is 0. The maximum absolute atomic E-state index is 6.08. The number of hydrogen-bond acceptors (Lipinski definition) is 3. The van der Waals surface area contributed by atoms with Crippen LogP contribution in [0.25, 0.3) is 0 Å². The van der Waals surface area contributed by atoms with Crippen molar-refractivity contribution in [1.82, 2.24) is 9.97 Å². The molecule has 1 atom stereocenters. The Morgan fingerprint density at radius 1 is 1.20 bits per heavy atom. The van der Waals surface area contributed by atoms with E-state index in [-0.39, 0.29) is 6.04 Å². The number of aryl methyl sites for hydroxylation is 1. The molecule has 1 heterocycles. The second-order valence-electron chi connectivity index (χ2n) is 4.77. The van der Waals surface area contributed by atoms with Crippen molar-refractivity contribution in [2.75, 3.05) is 0 Å². The number of aromatic nitrogens is 2. The molecule has 1 aromatic heterocycles. The van der Waals surface area contributed by atoms with E-state index in [1.54, 1.807) is 0 Å². The Hall–Kier alpha value is -0.960. The quantitative estimate of drug-likeness (QED) is 0.760. The van der Waals surface area contributed by atoms with Crippen molar-refractivity contribution in [3.63, 3.8) is 0 Å². The molecule has 2 aliphatic carbocycles. The average molecular weight is 203 g/mol. The molecular formula is C12H17N3. The van der Waals surface area contributed by atoms with Crippen LogP contribution in [0.3, 0.4) is 0 Å². The molecule has 0 saturated heterocycles. The Labute approximate surface area is 90.1 Å². The van der Waals surface area contributed by atoms with E-state index in [1.807, 2.05) is 6.20 Å². The average Bonchev–Trinajstić information content (AvgIpc) is 2.17. The molecule has 0 aromatic carbocycles. The fourth-order valence-corrected chi connectivity index (χ4v) is 2.46. The summed E-state index contributed by atoms with van der Waals surface area (Å²) in [5.41, 5.74) is 8.48. The van der Waals surface area contributed by atoms with Gasteiger partial charge in [0.05, 0.1) is 5.69 Å². The first-order valence-corrected chi connectivity index (χ1v) is 5.96. The molecule has 3 heteroatoms. The van der Waals surface area contributed by atoms with Crippen molar-refractivity contribution in [3.05, 3.63) is 23.3 Å². The Kier molecular flexibility index (Phi) is 2.20. The van der Waals surface area contributed by atoms with E-state index in [0.29, 0.717) is 5.92 Å². The molecule has 3 nitrogen and oxygen atoms in total. The molecule has 0 aliphatic heterocycles. The van der Waals surface area contributed by atoms with Gasteiger partial charge in [-0.25, -0.2) is 9.97 Å². The molecule has 1 aromatic rings. The van der Waals surface area contributed by atoms with Gasteiger partial charge in [0, 0.05) is 18.2 Å². The second kappa shape index (κ2) is 3.56. The van der Waals surface area contributed by atoms with Gasteiger partial charge in [0.15, 0.2) is 0 Å². The van der Waals surface area contributed by atoms with E-state index in [2.05, 4.69) is 9.97 Å². The standard InChI is InChI=1S/C12H17N3/c13-10-6-2-5-9-7-14-12(15-11(9)10)8-3-1-4-8/h7-8,10H,1-6,13H2. The molecule has 15 heavy (non-hydrogen) atoms. The molecule has 80 valence electrons. The van der Waals surface area contributed by atoms with Crippen LogP contribution in [-0.4, -0.2) is 9.97 Å². The lowest BCUT2D eigenvalue weighted by molar-refractivity contribution is 0.397. The minimum absolute atomic E-state index is 0.149. The Morgan fingerprint density at radius 2 is 2.07 bits per heavy atom. The number of fused-ring (bicyclic) bond motifs is 1. The zero-order valence-electron chi connectivity index (χ0n) is 8.95. The smallest absolute Gasteiger partial charge is 0.131 e. The fraction of sp³-hybridized carbons (Fsp3) is 0.667. The molecule has 1 unspecified atom stereocenters. The van der Waals surface area contributed by atoms with Gasteiger partial charge < -0.3 is 5.73 Å². The summed E-state index contributed by atoms with van der Waals surface area (Å²) in [5, 5.41) is 0. The topological polar surface area (TPSA) is 51.8 Å². The van der Waals surface area contributed by atoms with Crippen molar-refractivity contribution in [2.24, 2.45) is 5.73 Å². The first-order valence-electron chi connectivity index (χ1n) is 5.96. The van der Waals surface area contributed by atoms with Gasteiger partial charge in [-0.3, -0.25) is 0 Å². The lowest BCUT2D eigenvalue weighted by Gasteiger charge is -2.26. The normalized spacial score (nSPS) is 25.8. The van der Waals surface area contributed by atoms with Gasteiger partial charge in [-0.15, -0.1) is 0 Å². The highest BCUT2D eigenvalue weighted by atomic mass is 14.9. The van der Waals surface area contributed by atoms with Gasteiger partial charge in [0.2, 0.25) is 0 Å². The third-order valence-electron chi connectivity index (χ3n) is 3.70. The summed E-state index contributed by atoms with van der Waals surface area (Å²) < 4.78 is 0. The Balaban J connectivity index is 1.95. The van der Waals surface area contributed by atoms with Crippen LogP contribution < -0.4 is 5.73 Å². The third kappa shape index (κ3) is 1.55. The summed E-state index contributed by atoms with van der Waals surface area (Å²) in [6.07, 6.45) is 9.22. The van der Waals surface area contributed by atoms with Crippen molar-refractivity contribution in [3.8, 4) is 0 Å². The van der Waals surface area contributed by atoms with Gasteiger partial charge in [-0.2, -0.15) is 0 Å². The first-order chi connectivity index (χ1) is 7.34. The molecule has 0 amide bonds. The zero-order chi connectivity index (χ0) is 10.3. The van der Waals surface area contributed by atoms with Crippen LogP contribution in [0.2, 0.25) is 0 Å². The minimum atomic E-state index is 0.149. The third-order valence-corrected chi connectivity index (χ3v) is 3.70. The van der Waals surface area contributed by atoms with E-state index in [9.17, 15) is 0 Å². The molecule has 1 saturated carbocycles. The largest absolute Gasteiger partial charge is 0.323 e. The highest BCUT2D eigenvalue weighted by Crippen LogP contribution is 2.35. The van der Waals surface area contributed by atoms with E-state index in [4.69, 9.17) is 5.73 Å². The van der Waals surface area contributed by atoms with E-state index >= 15 is 0 Å². The predicted octanol–water partition coefficient (Wildman–Crippen LogP) is 2.08. The minimum Gasteiger partial charge on any atom is -0.323 e. The van der Waals surface area contributed by atoms with Crippen molar-refractivity contribution in [2.45, 2.75) is 50.5 Å². The molecule has 1 fully saturated rings. The lowest BCUT2D eigenvalue weighted by Crippen LogP contribution is -2.22. The summed E-state index contributed by atoms with van der Waals surface area (Å²) in [6.45, 7) is 0. The summed E-state index contributed by atoms with van der Waals surface area (Å²) in [4.78, 5) is 9.16. The van der Waals surface area contributed by atoms with Crippen LogP contribution in [0.5, 0.6) is 0 Å². The van der Waals surface area contributed by atoms with Crippen LogP contribution in [0.15, 0.2) is 6.20 Å².